The van der Waals surface area contributed by atoms with E-state index in [-0.39, 0.29) is 11.5 Å². The van der Waals surface area contributed by atoms with Gasteiger partial charge in [0.1, 0.15) is 11.6 Å². The number of hydrogen-bond acceptors (Lipinski definition) is 3. The third-order valence-corrected chi connectivity index (χ3v) is 3.45. The zero-order valence-corrected chi connectivity index (χ0v) is 14.0. The summed E-state index contributed by atoms with van der Waals surface area (Å²) in [6.07, 6.45) is 2.23. The minimum absolute atomic E-state index is 0.0420. The highest BCUT2D eigenvalue weighted by Gasteiger charge is 2.08. The topological polar surface area (TPSA) is 82.0 Å². The Morgan fingerprint density at radius 3 is 2.36 bits per heavy atom. The van der Waals surface area contributed by atoms with Gasteiger partial charge in [-0.3, -0.25) is 9.59 Å². The Labute approximate surface area is 147 Å². The molecule has 0 saturated carbocycles. The molecule has 126 valence electrons. The van der Waals surface area contributed by atoms with Crippen molar-refractivity contribution in [1.82, 2.24) is 5.32 Å². The summed E-state index contributed by atoms with van der Waals surface area (Å²) in [7, 11) is 0. The van der Waals surface area contributed by atoms with Crippen LogP contribution in [-0.2, 0) is 16.0 Å². The van der Waals surface area contributed by atoms with Gasteiger partial charge in [0.2, 0.25) is 5.91 Å². The minimum atomic E-state index is -0.399. The Kier molecular flexibility index (Phi) is 6.49. The number of amides is 2. The monoisotopic (exact) mass is 333 g/mol. The van der Waals surface area contributed by atoms with Gasteiger partial charge in [-0.05, 0) is 35.8 Å². The van der Waals surface area contributed by atoms with Gasteiger partial charge in [0.25, 0.3) is 5.91 Å². The lowest BCUT2D eigenvalue weighted by Gasteiger charge is -2.05. The van der Waals surface area contributed by atoms with Crippen LogP contribution in [0.4, 0.5) is 5.69 Å². The number of nitriles is 1. The van der Waals surface area contributed by atoms with Crippen molar-refractivity contribution in [3.05, 3.63) is 71.3 Å². The molecule has 25 heavy (non-hydrogen) atoms. The van der Waals surface area contributed by atoms with E-state index in [1.165, 1.54) is 13.0 Å². The van der Waals surface area contributed by atoms with Gasteiger partial charge in [-0.25, -0.2) is 0 Å². The first-order chi connectivity index (χ1) is 12.1. The first-order valence-corrected chi connectivity index (χ1v) is 7.90. The van der Waals surface area contributed by atoms with Gasteiger partial charge in [0.05, 0.1) is 0 Å². The smallest absolute Gasteiger partial charge is 0.261 e. The number of rotatable bonds is 6. The van der Waals surface area contributed by atoms with E-state index in [2.05, 4.69) is 10.6 Å². The van der Waals surface area contributed by atoms with Crippen molar-refractivity contribution in [2.45, 2.75) is 13.3 Å². The third-order valence-electron chi connectivity index (χ3n) is 3.45. The Balaban J connectivity index is 1.95. The van der Waals surface area contributed by atoms with E-state index >= 15 is 0 Å². The van der Waals surface area contributed by atoms with Crippen molar-refractivity contribution in [3.63, 3.8) is 0 Å². The van der Waals surface area contributed by atoms with Crippen LogP contribution >= 0.6 is 0 Å². The number of carbonyl (C=O) groups is 2. The second-order valence-corrected chi connectivity index (χ2v) is 5.46. The molecule has 0 atom stereocenters. The van der Waals surface area contributed by atoms with Crippen LogP contribution in [-0.4, -0.2) is 18.4 Å². The van der Waals surface area contributed by atoms with Crippen LogP contribution in [0.3, 0.4) is 0 Å². The van der Waals surface area contributed by atoms with Crippen molar-refractivity contribution >= 4 is 23.6 Å². The normalized spacial score (nSPS) is 10.6. The molecule has 0 saturated heterocycles. The van der Waals surface area contributed by atoms with E-state index in [0.29, 0.717) is 24.2 Å². The van der Waals surface area contributed by atoms with Crippen LogP contribution in [0.1, 0.15) is 18.1 Å². The second kappa shape index (κ2) is 9.04. The minimum Gasteiger partial charge on any atom is -0.351 e. The average Bonchev–Trinajstić information content (AvgIpc) is 2.61. The molecule has 2 rings (SSSR count). The van der Waals surface area contributed by atoms with E-state index in [1.807, 2.05) is 36.4 Å². The summed E-state index contributed by atoms with van der Waals surface area (Å²) in [5.74, 6) is -0.553. The number of nitrogens with one attached hydrogen (secondary N) is 2. The maximum atomic E-state index is 12.1. The van der Waals surface area contributed by atoms with Crippen molar-refractivity contribution in [3.8, 4) is 6.07 Å². The lowest BCUT2D eigenvalue weighted by molar-refractivity contribution is -0.117. The highest BCUT2D eigenvalue weighted by Crippen LogP contribution is 2.12. The van der Waals surface area contributed by atoms with Crippen molar-refractivity contribution < 1.29 is 9.59 Å². The molecule has 0 aliphatic rings. The second-order valence-electron chi connectivity index (χ2n) is 5.46. The Morgan fingerprint density at radius 1 is 1.08 bits per heavy atom. The van der Waals surface area contributed by atoms with Crippen LogP contribution in [0.25, 0.3) is 6.08 Å². The SMILES string of the molecule is CC(=O)Nc1ccc(C=C(C#N)C(=O)NCCc2ccccc2)cc1. The lowest BCUT2D eigenvalue weighted by Crippen LogP contribution is -2.26. The summed E-state index contributed by atoms with van der Waals surface area (Å²) < 4.78 is 0. The fourth-order valence-electron chi connectivity index (χ4n) is 2.24. The molecule has 0 bridgehead atoms. The van der Waals surface area contributed by atoms with E-state index in [0.717, 1.165) is 5.56 Å². The first-order valence-electron chi connectivity index (χ1n) is 7.90. The van der Waals surface area contributed by atoms with E-state index < -0.39 is 5.91 Å². The molecule has 0 fully saturated rings. The molecule has 2 amide bonds. The van der Waals surface area contributed by atoms with Gasteiger partial charge in [0, 0.05) is 19.2 Å². The maximum absolute atomic E-state index is 12.1. The number of nitrogens with zero attached hydrogens (tertiary/aromatic N) is 1. The molecular weight excluding hydrogens is 314 g/mol. The molecule has 0 aliphatic carbocycles. The summed E-state index contributed by atoms with van der Waals surface area (Å²) >= 11 is 0. The van der Waals surface area contributed by atoms with Gasteiger partial charge < -0.3 is 10.6 Å². The van der Waals surface area contributed by atoms with Gasteiger partial charge in [-0.2, -0.15) is 5.26 Å². The van der Waals surface area contributed by atoms with Crippen molar-refractivity contribution in [2.24, 2.45) is 0 Å². The molecule has 2 aromatic carbocycles. The van der Waals surface area contributed by atoms with Crippen LogP contribution < -0.4 is 10.6 Å². The molecule has 2 N–H and O–H groups in total. The van der Waals surface area contributed by atoms with Crippen molar-refractivity contribution in [1.29, 1.82) is 5.26 Å². The number of benzene rings is 2. The standard InChI is InChI=1S/C20H19N3O2/c1-15(24)23-19-9-7-17(8-10-19)13-18(14-21)20(25)22-12-11-16-5-3-2-4-6-16/h2-10,13H,11-12H2,1H3,(H,22,25)(H,23,24). The molecule has 0 unspecified atom stereocenters. The molecule has 0 aliphatic heterocycles. The largest absolute Gasteiger partial charge is 0.351 e. The summed E-state index contributed by atoms with van der Waals surface area (Å²) in [6.45, 7) is 1.89. The summed E-state index contributed by atoms with van der Waals surface area (Å²) in [5.41, 5.74) is 2.54. The molecule has 0 spiro atoms. The molecule has 0 heterocycles. The lowest BCUT2D eigenvalue weighted by atomic mass is 10.1. The molecule has 0 aromatic heterocycles. The Bertz CT molecular complexity index is 803. The first kappa shape index (κ1) is 18.0. The van der Waals surface area contributed by atoms with Crippen LogP contribution in [0.15, 0.2) is 60.2 Å². The van der Waals surface area contributed by atoms with E-state index in [9.17, 15) is 14.9 Å². The fourth-order valence-corrected chi connectivity index (χ4v) is 2.24. The molecule has 0 radical (unpaired) electrons. The van der Waals surface area contributed by atoms with Gasteiger partial charge in [-0.1, -0.05) is 42.5 Å². The van der Waals surface area contributed by atoms with Crippen molar-refractivity contribution in [2.75, 3.05) is 11.9 Å². The van der Waals surface area contributed by atoms with Gasteiger partial charge >= 0.3 is 0 Å². The zero-order chi connectivity index (χ0) is 18.1. The molecule has 5 heteroatoms. The van der Waals surface area contributed by atoms with Crippen LogP contribution in [0, 0.1) is 11.3 Å². The Morgan fingerprint density at radius 2 is 1.76 bits per heavy atom. The summed E-state index contributed by atoms with van der Waals surface area (Å²) in [5, 5.41) is 14.6. The number of hydrogen-bond donors (Lipinski definition) is 2. The van der Waals surface area contributed by atoms with Gasteiger partial charge in [-0.15, -0.1) is 0 Å². The van der Waals surface area contributed by atoms with E-state index in [4.69, 9.17) is 0 Å². The molecular formula is C20H19N3O2. The summed E-state index contributed by atoms with van der Waals surface area (Å²) in [4.78, 5) is 23.1. The zero-order valence-electron chi connectivity index (χ0n) is 14.0. The van der Waals surface area contributed by atoms with Crippen LogP contribution in [0.5, 0.6) is 0 Å². The number of carbonyl (C=O) groups excluding carboxylic acids is 2. The maximum Gasteiger partial charge on any atom is 0.261 e. The molecule has 5 nitrogen and oxygen atoms in total. The quantitative estimate of drug-likeness (QED) is 0.630. The average molecular weight is 333 g/mol. The van der Waals surface area contributed by atoms with E-state index in [1.54, 1.807) is 24.3 Å². The Hall–Kier alpha value is -3.39. The highest BCUT2D eigenvalue weighted by molar-refractivity contribution is 6.01. The highest BCUT2D eigenvalue weighted by atomic mass is 16.2. The third kappa shape index (κ3) is 5.96. The predicted molar refractivity (Wildman–Crippen MR) is 97.5 cm³/mol. The number of anilines is 1. The molecule has 2 aromatic rings. The fraction of sp³-hybridized carbons (Fsp3) is 0.150. The summed E-state index contributed by atoms with van der Waals surface area (Å²) in [6, 6.07) is 18.6. The predicted octanol–water partition coefficient (Wildman–Crippen LogP) is 2.91. The van der Waals surface area contributed by atoms with Gasteiger partial charge in [0.15, 0.2) is 0 Å². The van der Waals surface area contributed by atoms with Crippen LogP contribution in [0.2, 0.25) is 0 Å².